The van der Waals surface area contributed by atoms with E-state index in [1.165, 1.54) is 6.92 Å². The predicted molar refractivity (Wildman–Crippen MR) is 77.0 cm³/mol. The summed E-state index contributed by atoms with van der Waals surface area (Å²) in [5.74, 6) is -1.21. The minimum Gasteiger partial charge on any atom is -0.435 e. The van der Waals surface area contributed by atoms with E-state index >= 15 is 0 Å². The number of Topliss-reactive ketones (excluding diaryl/α,β-unsaturated/α-hetero) is 2. The van der Waals surface area contributed by atoms with Gasteiger partial charge < -0.3 is 14.2 Å². The summed E-state index contributed by atoms with van der Waals surface area (Å²) in [6, 6.07) is 0. The molecule has 124 valence electrons. The number of carbonyl (C=O) groups excluding carboxylic acids is 3. The van der Waals surface area contributed by atoms with Gasteiger partial charge in [-0.25, -0.2) is 0 Å². The average molecular weight is 312 g/mol. The highest BCUT2D eigenvalue weighted by molar-refractivity contribution is 6.03. The van der Waals surface area contributed by atoms with Crippen molar-refractivity contribution in [2.45, 2.75) is 65.5 Å². The maximum absolute atomic E-state index is 12.8. The number of rotatable bonds is 4. The van der Waals surface area contributed by atoms with E-state index in [-0.39, 0.29) is 30.0 Å². The van der Waals surface area contributed by atoms with E-state index in [4.69, 9.17) is 14.2 Å². The summed E-state index contributed by atoms with van der Waals surface area (Å²) in [6.07, 6.45) is -0.415. The zero-order chi connectivity index (χ0) is 16.5. The third-order valence-electron chi connectivity index (χ3n) is 4.80. The predicted octanol–water partition coefficient (Wildman–Crippen LogP) is 1.64. The number of esters is 1. The van der Waals surface area contributed by atoms with E-state index in [2.05, 4.69) is 0 Å². The Hall–Kier alpha value is -1.27. The molecule has 2 fully saturated rings. The van der Waals surface area contributed by atoms with E-state index in [1.807, 2.05) is 0 Å². The molecule has 0 radical (unpaired) electrons. The number of carbonyl (C=O) groups is 3. The monoisotopic (exact) mass is 312 g/mol. The first kappa shape index (κ1) is 17.1. The summed E-state index contributed by atoms with van der Waals surface area (Å²) in [4.78, 5) is 36.3. The Labute approximate surface area is 130 Å². The lowest BCUT2D eigenvalue weighted by Gasteiger charge is -2.40. The lowest BCUT2D eigenvalue weighted by Crippen LogP contribution is -2.54. The Balaban J connectivity index is 2.37. The van der Waals surface area contributed by atoms with Crippen LogP contribution in [0.2, 0.25) is 0 Å². The van der Waals surface area contributed by atoms with Crippen LogP contribution in [0, 0.1) is 11.3 Å². The van der Waals surface area contributed by atoms with Crippen molar-refractivity contribution in [2.24, 2.45) is 11.3 Å². The van der Waals surface area contributed by atoms with Crippen LogP contribution in [0.25, 0.3) is 0 Å². The first-order valence-corrected chi connectivity index (χ1v) is 7.81. The maximum atomic E-state index is 12.8. The van der Waals surface area contributed by atoms with Crippen molar-refractivity contribution >= 4 is 17.5 Å². The molecule has 2 rings (SSSR count). The number of fused-ring (bicyclic) bond motifs is 2. The van der Waals surface area contributed by atoms with Crippen molar-refractivity contribution in [3.8, 4) is 0 Å². The smallest absolute Gasteiger partial charge is 0.304 e. The van der Waals surface area contributed by atoms with E-state index in [0.717, 1.165) is 6.42 Å². The van der Waals surface area contributed by atoms with Gasteiger partial charge in [0.2, 0.25) is 6.29 Å². The molecule has 0 spiro atoms. The van der Waals surface area contributed by atoms with Crippen molar-refractivity contribution in [3.05, 3.63) is 0 Å². The number of hydrogen-bond donors (Lipinski definition) is 0. The molecule has 2 saturated heterocycles. The molecular formula is C16H24O6. The summed E-state index contributed by atoms with van der Waals surface area (Å²) in [5, 5.41) is 0. The van der Waals surface area contributed by atoms with E-state index < -0.39 is 23.8 Å². The van der Waals surface area contributed by atoms with Crippen molar-refractivity contribution in [3.63, 3.8) is 0 Å². The van der Waals surface area contributed by atoms with Crippen molar-refractivity contribution in [1.82, 2.24) is 0 Å². The molecule has 2 aliphatic heterocycles. The minimum atomic E-state index is -1.16. The van der Waals surface area contributed by atoms with Gasteiger partial charge in [-0.2, -0.15) is 0 Å². The molecule has 0 aromatic rings. The Kier molecular flexibility index (Phi) is 5.02. The number of ketones is 2. The highest BCUT2D eigenvalue weighted by Crippen LogP contribution is 2.44. The second kappa shape index (κ2) is 6.46. The molecule has 0 aromatic heterocycles. The molecule has 0 N–H and O–H groups in total. The van der Waals surface area contributed by atoms with Gasteiger partial charge >= 0.3 is 5.97 Å². The third-order valence-corrected chi connectivity index (χ3v) is 4.80. The second-order valence-corrected chi connectivity index (χ2v) is 6.27. The highest BCUT2D eigenvalue weighted by atomic mass is 16.7. The molecule has 0 aromatic carbocycles. The lowest BCUT2D eigenvalue weighted by atomic mass is 9.75. The molecule has 0 saturated carbocycles. The van der Waals surface area contributed by atoms with Crippen LogP contribution in [-0.4, -0.2) is 42.6 Å². The third kappa shape index (κ3) is 2.94. The van der Waals surface area contributed by atoms with Gasteiger partial charge in [-0.15, -0.1) is 0 Å². The van der Waals surface area contributed by atoms with Crippen molar-refractivity contribution < 1.29 is 28.6 Å². The fourth-order valence-corrected chi connectivity index (χ4v) is 3.28. The highest BCUT2D eigenvalue weighted by Gasteiger charge is 2.56. The fourth-order valence-electron chi connectivity index (χ4n) is 3.28. The number of hydrogen-bond acceptors (Lipinski definition) is 6. The summed E-state index contributed by atoms with van der Waals surface area (Å²) in [7, 11) is 0. The quantitative estimate of drug-likeness (QED) is 0.446. The van der Waals surface area contributed by atoms with E-state index in [9.17, 15) is 14.4 Å². The van der Waals surface area contributed by atoms with Crippen LogP contribution in [0.1, 0.15) is 47.0 Å². The largest absolute Gasteiger partial charge is 0.435 e. The van der Waals surface area contributed by atoms with Gasteiger partial charge in [-0.1, -0.05) is 6.92 Å². The van der Waals surface area contributed by atoms with Gasteiger partial charge in [0.15, 0.2) is 5.78 Å². The minimum absolute atomic E-state index is 0.125. The van der Waals surface area contributed by atoms with Gasteiger partial charge in [-0.3, -0.25) is 14.4 Å². The normalized spacial score (nSPS) is 36.6. The Bertz CT molecular complexity index is 473. The first-order valence-electron chi connectivity index (χ1n) is 7.81. The van der Waals surface area contributed by atoms with E-state index in [0.29, 0.717) is 13.0 Å². The van der Waals surface area contributed by atoms with Crippen LogP contribution >= 0.6 is 0 Å². The molecule has 0 amide bonds. The summed E-state index contributed by atoms with van der Waals surface area (Å²) in [5.41, 5.74) is -1.16. The maximum Gasteiger partial charge on any atom is 0.304 e. The van der Waals surface area contributed by atoms with Crippen LogP contribution in [0.5, 0.6) is 0 Å². The van der Waals surface area contributed by atoms with Crippen LogP contribution in [0.4, 0.5) is 0 Å². The van der Waals surface area contributed by atoms with E-state index in [1.54, 1.807) is 20.8 Å². The molecular weight excluding hydrogens is 288 g/mol. The van der Waals surface area contributed by atoms with Gasteiger partial charge in [0.25, 0.3) is 0 Å². The molecule has 2 aliphatic rings. The zero-order valence-corrected chi connectivity index (χ0v) is 13.6. The van der Waals surface area contributed by atoms with Gasteiger partial charge in [0.05, 0.1) is 18.6 Å². The lowest BCUT2D eigenvalue weighted by molar-refractivity contribution is -0.226. The first-order chi connectivity index (χ1) is 10.3. The molecule has 22 heavy (non-hydrogen) atoms. The molecule has 6 heteroatoms. The Morgan fingerprint density at radius 3 is 2.68 bits per heavy atom. The molecule has 2 heterocycles. The Morgan fingerprint density at radius 2 is 2.09 bits per heavy atom. The summed E-state index contributed by atoms with van der Waals surface area (Å²) < 4.78 is 16.7. The van der Waals surface area contributed by atoms with Crippen LogP contribution in [0.3, 0.4) is 0 Å². The average Bonchev–Trinajstić information content (AvgIpc) is 2.94. The van der Waals surface area contributed by atoms with Gasteiger partial charge in [0.1, 0.15) is 11.2 Å². The topological polar surface area (TPSA) is 78.9 Å². The zero-order valence-electron chi connectivity index (χ0n) is 13.6. The van der Waals surface area contributed by atoms with Crippen LogP contribution < -0.4 is 0 Å². The molecule has 2 bridgehead atoms. The number of ether oxygens (including phenoxy) is 3. The summed E-state index contributed by atoms with van der Waals surface area (Å²) >= 11 is 0. The molecule has 5 atom stereocenters. The SMILES string of the molecule is CCO[C@@H](OC(C)=O)[C@@]1(C)C(=O)CC(=O)[C@H](C)[C@H]2CC[C@@H]1O2. The second-order valence-electron chi connectivity index (χ2n) is 6.27. The van der Waals surface area contributed by atoms with Crippen molar-refractivity contribution in [2.75, 3.05) is 6.61 Å². The van der Waals surface area contributed by atoms with Crippen LogP contribution in [0.15, 0.2) is 0 Å². The summed E-state index contributed by atoms with van der Waals surface area (Å²) in [6.45, 7) is 6.81. The van der Waals surface area contributed by atoms with Crippen molar-refractivity contribution in [1.29, 1.82) is 0 Å². The van der Waals surface area contributed by atoms with Gasteiger partial charge in [-0.05, 0) is 26.7 Å². The molecule has 0 unspecified atom stereocenters. The molecule has 0 aliphatic carbocycles. The van der Waals surface area contributed by atoms with Gasteiger partial charge in [0, 0.05) is 19.4 Å². The standard InChI is InChI=1S/C16H24O6/c1-5-20-15(21-10(3)17)16(4)13(19)8-11(18)9(2)12-6-7-14(16)22-12/h9,12,14-15H,5-8H2,1-4H3/t9-,12+,14-,15-,16-/m0/s1. The van der Waals surface area contributed by atoms with Crippen LogP contribution in [-0.2, 0) is 28.6 Å². The fraction of sp³-hybridized carbons (Fsp3) is 0.812. The Morgan fingerprint density at radius 1 is 1.41 bits per heavy atom. The molecule has 6 nitrogen and oxygen atoms in total.